The molecule has 1 amide bonds. The van der Waals surface area contributed by atoms with Crippen LogP contribution in [0, 0.1) is 0 Å². The van der Waals surface area contributed by atoms with Crippen LogP contribution in [0.15, 0.2) is 59.8 Å². The number of aromatic nitrogens is 3. The van der Waals surface area contributed by atoms with Crippen molar-refractivity contribution in [3.8, 4) is 11.4 Å². The van der Waals surface area contributed by atoms with E-state index in [4.69, 9.17) is 17.4 Å². The first-order valence-electron chi connectivity index (χ1n) is 8.60. The van der Waals surface area contributed by atoms with E-state index in [1.54, 1.807) is 12.1 Å². The van der Waals surface area contributed by atoms with Gasteiger partial charge in [-0.25, -0.2) is 4.68 Å². The third kappa shape index (κ3) is 4.09. The van der Waals surface area contributed by atoms with Gasteiger partial charge in [0.1, 0.15) is 5.25 Å². The lowest BCUT2D eigenvalue weighted by Gasteiger charge is -2.16. The topological polar surface area (TPSA) is 85.8 Å². The molecule has 0 spiro atoms. The monoisotopic (exact) mass is 399 g/mol. The molecule has 2 aromatic carbocycles. The summed E-state index contributed by atoms with van der Waals surface area (Å²) in [6.45, 7) is 0. The highest BCUT2D eigenvalue weighted by atomic mass is 35.5. The molecule has 0 bridgehead atoms. The molecule has 1 atom stereocenters. The number of thioether (sulfide) groups is 1. The summed E-state index contributed by atoms with van der Waals surface area (Å²) in [6, 6.07) is 17.1. The lowest BCUT2D eigenvalue weighted by Crippen LogP contribution is -2.30. The van der Waals surface area contributed by atoms with E-state index in [0.717, 1.165) is 24.0 Å². The molecule has 138 valence electrons. The smallest absolute Gasteiger partial charge is 0.238 e. The van der Waals surface area contributed by atoms with Gasteiger partial charge in [0, 0.05) is 16.6 Å². The van der Waals surface area contributed by atoms with E-state index in [9.17, 15) is 4.79 Å². The van der Waals surface area contributed by atoms with Crippen LogP contribution in [0.5, 0.6) is 0 Å². The predicted molar refractivity (Wildman–Crippen MR) is 107 cm³/mol. The number of carbonyl (C=O) groups is 1. The van der Waals surface area contributed by atoms with Crippen molar-refractivity contribution in [2.75, 3.05) is 5.84 Å². The Morgan fingerprint density at radius 1 is 1.19 bits per heavy atom. The number of nitrogens with two attached hydrogens (primary N) is 1. The van der Waals surface area contributed by atoms with Crippen LogP contribution < -0.4 is 11.2 Å². The van der Waals surface area contributed by atoms with Crippen LogP contribution in [0.25, 0.3) is 11.4 Å². The molecule has 1 aliphatic carbocycles. The summed E-state index contributed by atoms with van der Waals surface area (Å²) in [5, 5.41) is 12.0. The Hall–Kier alpha value is -2.51. The zero-order valence-electron chi connectivity index (χ0n) is 14.4. The number of nitrogens with zero attached hydrogens (tertiary/aromatic N) is 3. The van der Waals surface area contributed by atoms with Crippen molar-refractivity contribution in [2.45, 2.75) is 29.3 Å². The third-order valence-electron chi connectivity index (χ3n) is 4.23. The van der Waals surface area contributed by atoms with E-state index in [2.05, 4.69) is 15.5 Å². The molecular weight excluding hydrogens is 382 g/mol. The van der Waals surface area contributed by atoms with E-state index in [1.807, 2.05) is 42.5 Å². The van der Waals surface area contributed by atoms with Gasteiger partial charge >= 0.3 is 0 Å². The molecule has 0 radical (unpaired) electrons. The van der Waals surface area contributed by atoms with Crippen molar-refractivity contribution in [1.82, 2.24) is 20.2 Å². The van der Waals surface area contributed by atoms with Crippen molar-refractivity contribution in [3.05, 3.63) is 65.2 Å². The Labute approximate surface area is 166 Å². The number of benzene rings is 2. The van der Waals surface area contributed by atoms with Gasteiger partial charge in [0.2, 0.25) is 11.1 Å². The van der Waals surface area contributed by atoms with Gasteiger partial charge in [0.05, 0.1) is 0 Å². The summed E-state index contributed by atoms with van der Waals surface area (Å²) < 4.78 is 1.40. The predicted octanol–water partition coefficient (Wildman–Crippen LogP) is 3.42. The molecule has 27 heavy (non-hydrogen) atoms. The first-order valence-corrected chi connectivity index (χ1v) is 9.86. The summed E-state index contributed by atoms with van der Waals surface area (Å²) in [6.07, 6.45) is 2.06. The molecule has 0 unspecified atom stereocenters. The fraction of sp³-hybridized carbons (Fsp3) is 0.211. The van der Waals surface area contributed by atoms with Crippen LogP contribution in [-0.2, 0) is 4.79 Å². The Morgan fingerprint density at radius 2 is 1.96 bits per heavy atom. The first kappa shape index (κ1) is 17.9. The van der Waals surface area contributed by atoms with Crippen LogP contribution in [-0.4, -0.2) is 26.8 Å². The van der Waals surface area contributed by atoms with Gasteiger partial charge in [-0.05, 0) is 30.5 Å². The number of halogens is 1. The lowest BCUT2D eigenvalue weighted by molar-refractivity contribution is -0.120. The summed E-state index contributed by atoms with van der Waals surface area (Å²) >= 11 is 7.34. The number of amides is 1. The first-order chi connectivity index (χ1) is 13.1. The van der Waals surface area contributed by atoms with Crippen molar-refractivity contribution in [3.63, 3.8) is 0 Å². The number of hydrogen-bond acceptors (Lipinski definition) is 5. The molecule has 4 rings (SSSR count). The number of nitrogens with one attached hydrogen (secondary N) is 1. The number of rotatable bonds is 6. The average molecular weight is 400 g/mol. The maximum atomic E-state index is 12.8. The van der Waals surface area contributed by atoms with Crippen molar-refractivity contribution in [1.29, 1.82) is 0 Å². The van der Waals surface area contributed by atoms with Gasteiger partial charge in [0.15, 0.2) is 5.82 Å². The van der Waals surface area contributed by atoms with Crippen molar-refractivity contribution >= 4 is 29.3 Å². The number of hydrogen-bond donors (Lipinski definition) is 2. The minimum absolute atomic E-state index is 0.0407. The lowest BCUT2D eigenvalue weighted by atomic mass is 10.1. The molecule has 1 fully saturated rings. The Morgan fingerprint density at radius 3 is 2.67 bits per heavy atom. The van der Waals surface area contributed by atoms with Gasteiger partial charge in [0.25, 0.3) is 0 Å². The summed E-state index contributed by atoms with van der Waals surface area (Å²) in [7, 11) is 0. The summed E-state index contributed by atoms with van der Waals surface area (Å²) in [5.41, 5.74) is 1.66. The number of nitrogen functional groups attached to an aromatic ring is 1. The van der Waals surface area contributed by atoms with E-state index in [-0.39, 0.29) is 11.9 Å². The van der Waals surface area contributed by atoms with Gasteiger partial charge in [-0.2, -0.15) is 0 Å². The molecule has 1 heterocycles. The van der Waals surface area contributed by atoms with Gasteiger partial charge in [-0.1, -0.05) is 65.8 Å². The quantitative estimate of drug-likeness (QED) is 0.490. The summed E-state index contributed by atoms with van der Waals surface area (Å²) in [5.74, 6) is 6.68. The van der Waals surface area contributed by atoms with Gasteiger partial charge < -0.3 is 11.2 Å². The standard InChI is InChI=1S/C19H18ClN5OS/c20-14-8-4-7-13(11-14)17-23-24-19(25(17)21)27-16(12-5-2-1-3-6-12)18(26)22-15-9-10-15/h1-8,11,15-16H,9-10,21H2,(H,22,26)/t16-/m1/s1. The van der Waals surface area contributed by atoms with E-state index < -0.39 is 5.25 Å². The average Bonchev–Trinajstić information content (AvgIpc) is 3.41. The normalized spacial score (nSPS) is 14.7. The van der Waals surface area contributed by atoms with Crippen LogP contribution in [0.2, 0.25) is 5.02 Å². The maximum absolute atomic E-state index is 12.8. The molecular formula is C19H18ClN5OS. The molecule has 8 heteroatoms. The molecule has 0 aliphatic heterocycles. The third-order valence-corrected chi connectivity index (χ3v) is 5.68. The zero-order valence-corrected chi connectivity index (χ0v) is 16.0. The summed E-state index contributed by atoms with van der Waals surface area (Å²) in [4.78, 5) is 12.8. The zero-order chi connectivity index (χ0) is 18.8. The Balaban J connectivity index is 1.62. The molecule has 1 aromatic heterocycles. The SMILES string of the molecule is Nn1c(S[C@@H](C(=O)NC2CC2)c2ccccc2)nnc1-c1cccc(Cl)c1. The van der Waals surface area contributed by atoms with Crippen LogP contribution in [0.1, 0.15) is 23.7 Å². The highest BCUT2D eigenvalue weighted by Gasteiger charge is 2.30. The number of carbonyl (C=O) groups excluding carboxylic acids is 1. The molecule has 3 N–H and O–H groups in total. The molecule has 0 saturated heterocycles. The second kappa shape index (κ2) is 7.62. The van der Waals surface area contributed by atoms with E-state index >= 15 is 0 Å². The maximum Gasteiger partial charge on any atom is 0.238 e. The van der Waals surface area contributed by atoms with Gasteiger partial charge in [-0.3, -0.25) is 4.79 Å². The van der Waals surface area contributed by atoms with Crippen LogP contribution in [0.4, 0.5) is 0 Å². The fourth-order valence-corrected chi connectivity index (χ4v) is 3.85. The molecule has 1 aliphatic rings. The Kier molecular flexibility index (Phi) is 5.05. The van der Waals surface area contributed by atoms with Crippen molar-refractivity contribution < 1.29 is 4.79 Å². The van der Waals surface area contributed by atoms with E-state index in [0.29, 0.717) is 16.0 Å². The minimum Gasteiger partial charge on any atom is -0.352 e. The van der Waals surface area contributed by atoms with Crippen LogP contribution >= 0.6 is 23.4 Å². The highest BCUT2D eigenvalue weighted by Crippen LogP contribution is 2.36. The van der Waals surface area contributed by atoms with Gasteiger partial charge in [-0.15, -0.1) is 10.2 Å². The van der Waals surface area contributed by atoms with Crippen molar-refractivity contribution in [2.24, 2.45) is 0 Å². The molecule has 3 aromatic rings. The van der Waals surface area contributed by atoms with E-state index in [1.165, 1.54) is 16.4 Å². The molecule has 6 nitrogen and oxygen atoms in total. The van der Waals surface area contributed by atoms with Crippen LogP contribution in [0.3, 0.4) is 0 Å². The Bertz CT molecular complexity index is 958. The second-order valence-electron chi connectivity index (χ2n) is 6.38. The highest BCUT2D eigenvalue weighted by molar-refractivity contribution is 8.00. The molecule has 1 saturated carbocycles. The minimum atomic E-state index is -0.453. The fourth-order valence-electron chi connectivity index (χ4n) is 2.69. The second-order valence-corrected chi connectivity index (χ2v) is 7.89. The largest absolute Gasteiger partial charge is 0.352 e.